The summed E-state index contributed by atoms with van der Waals surface area (Å²) in [6, 6.07) is 41.2. The smallest absolute Gasteiger partial charge is 0.0622 e. The largest absolute Gasteiger partial charge is 0.130 e. The molecule has 0 aromatic heterocycles. The van der Waals surface area contributed by atoms with Crippen LogP contribution >= 0.6 is 0 Å². The van der Waals surface area contributed by atoms with Gasteiger partial charge in [-0.1, -0.05) is 139 Å². The molecule has 1 aliphatic rings. The van der Waals surface area contributed by atoms with Crippen molar-refractivity contribution in [2.75, 3.05) is 0 Å². The third kappa shape index (κ3) is 3.23. The maximum atomic E-state index is 2.59. The Morgan fingerprint density at radius 1 is 0.385 bits per heavy atom. The molecule has 1 heterocycles. The first kappa shape index (κ1) is 24.4. The summed E-state index contributed by atoms with van der Waals surface area (Å²) in [7, 11) is -2.37. The van der Waals surface area contributed by atoms with E-state index >= 15 is 0 Å². The van der Waals surface area contributed by atoms with Crippen LogP contribution in [0.4, 0.5) is 0 Å². The fourth-order valence-corrected chi connectivity index (χ4v) is 16.1. The highest BCUT2D eigenvalue weighted by molar-refractivity contribution is 7.11. The molecule has 0 nitrogen and oxygen atoms in total. The summed E-state index contributed by atoms with van der Waals surface area (Å²) in [5.41, 5.74) is 5.27. The van der Waals surface area contributed by atoms with Crippen LogP contribution in [0.2, 0.25) is 10.1 Å². The van der Waals surface area contributed by atoms with E-state index in [0.29, 0.717) is 0 Å². The van der Waals surface area contributed by atoms with Crippen LogP contribution < -0.4 is 10.4 Å². The second kappa shape index (κ2) is 8.16. The minimum atomic E-state index is -2.37. The summed E-state index contributed by atoms with van der Waals surface area (Å²) < 4.78 is 0. The van der Waals surface area contributed by atoms with Crippen LogP contribution in [0.3, 0.4) is 0 Å². The van der Waals surface area contributed by atoms with Crippen molar-refractivity contribution < 1.29 is 0 Å². The quantitative estimate of drug-likeness (QED) is 0.157. The van der Waals surface area contributed by atoms with Crippen molar-refractivity contribution >= 4 is 50.8 Å². The lowest BCUT2D eigenvalue weighted by Crippen LogP contribution is -2.67. The molecule has 0 bridgehead atoms. The average molecular weight is 521 g/mol. The molecule has 192 valence electrons. The zero-order valence-corrected chi connectivity index (χ0v) is 24.9. The molecule has 39 heavy (non-hydrogen) atoms. The normalized spacial score (nSPS) is 14.6. The molecule has 6 aromatic carbocycles. The fraction of sp³-hybridized carbons (Fsp3) is 0.211. The molecule has 0 saturated heterocycles. The van der Waals surface area contributed by atoms with E-state index in [-0.39, 0.29) is 10.1 Å². The second-order valence-electron chi connectivity index (χ2n) is 13.4. The summed E-state index contributed by atoms with van der Waals surface area (Å²) in [6.45, 7) is 15.1. The van der Waals surface area contributed by atoms with E-state index in [0.717, 1.165) is 0 Å². The van der Waals surface area contributed by atoms with Crippen LogP contribution in [-0.2, 0) is 0 Å². The summed E-state index contributed by atoms with van der Waals surface area (Å²) in [5, 5.41) is 12.0. The molecule has 0 saturated carbocycles. The molecule has 0 aliphatic carbocycles. The van der Waals surface area contributed by atoms with Gasteiger partial charge in [-0.2, -0.15) is 0 Å². The van der Waals surface area contributed by atoms with Crippen LogP contribution in [0.25, 0.3) is 54.6 Å². The van der Waals surface area contributed by atoms with Crippen molar-refractivity contribution in [2.24, 2.45) is 0 Å². The average Bonchev–Trinajstić information content (AvgIpc) is 3.25. The van der Waals surface area contributed by atoms with Crippen molar-refractivity contribution in [3.63, 3.8) is 0 Å². The summed E-state index contributed by atoms with van der Waals surface area (Å²) in [6.07, 6.45) is 0. The maximum Gasteiger partial charge on any atom is 0.130 e. The van der Waals surface area contributed by atoms with Gasteiger partial charge < -0.3 is 0 Å². The van der Waals surface area contributed by atoms with Crippen molar-refractivity contribution in [1.82, 2.24) is 0 Å². The van der Waals surface area contributed by atoms with Gasteiger partial charge in [-0.05, 0) is 87.2 Å². The van der Waals surface area contributed by atoms with Gasteiger partial charge in [-0.25, -0.2) is 0 Å². The lowest BCUT2D eigenvalue weighted by Gasteiger charge is -2.51. The van der Waals surface area contributed by atoms with E-state index in [1.165, 1.54) is 54.6 Å². The Bertz CT molecular complexity index is 1760. The third-order valence-electron chi connectivity index (χ3n) is 9.31. The van der Waals surface area contributed by atoms with E-state index in [4.69, 9.17) is 0 Å². The van der Waals surface area contributed by atoms with Crippen LogP contribution in [-0.4, -0.2) is 8.07 Å². The lowest BCUT2D eigenvalue weighted by molar-refractivity contribution is 0.638. The first-order valence-corrected chi connectivity index (χ1v) is 16.2. The Balaban J connectivity index is 1.77. The Hall–Kier alpha value is -3.68. The van der Waals surface area contributed by atoms with Crippen molar-refractivity contribution in [2.45, 2.75) is 51.6 Å². The topological polar surface area (TPSA) is 0 Å². The molecule has 0 fully saturated rings. The minimum Gasteiger partial charge on any atom is -0.0622 e. The molecule has 0 unspecified atom stereocenters. The fourth-order valence-electron chi connectivity index (χ4n) is 8.27. The standard InChI is InChI=1S/C38H36Si/c1-37(2,3)39(38(4,5)6)33-23-27(25-15-9-7-10-16-25)21-31-29-19-13-14-20-30(29)32-22-28(26-17-11-8-12-18-26)24-34(39)36(32)35(31)33/h7-24H,1-6H3. The van der Waals surface area contributed by atoms with Crippen LogP contribution in [0.15, 0.2) is 109 Å². The van der Waals surface area contributed by atoms with Gasteiger partial charge in [-0.3, -0.25) is 0 Å². The maximum absolute atomic E-state index is 2.59. The first-order valence-electron chi connectivity index (χ1n) is 14.2. The number of hydrogen-bond acceptors (Lipinski definition) is 0. The van der Waals surface area contributed by atoms with Gasteiger partial charge in [0.2, 0.25) is 0 Å². The van der Waals surface area contributed by atoms with Gasteiger partial charge in [0.25, 0.3) is 0 Å². The SMILES string of the molecule is CC(C)(C)[Si]1(C(C)(C)C)c2cc(-c3ccccc3)cc3c4ccccc4c4cc(-c5ccccc5)cc1c4c23. The number of rotatable bonds is 2. The molecular weight excluding hydrogens is 485 g/mol. The summed E-state index contributed by atoms with van der Waals surface area (Å²) in [5.74, 6) is 0. The molecule has 1 aliphatic heterocycles. The molecule has 1 heteroatoms. The zero-order chi connectivity index (χ0) is 27.2. The second-order valence-corrected chi connectivity index (χ2v) is 19.0. The van der Waals surface area contributed by atoms with E-state index < -0.39 is 8.07 Å². The zero-order valence-electron chi connectivity index (χ0n) is 23.9. The molecule has 6 aromatic rings. The Labute approximate surface area is 233 Å². The van der Waals surface area contributed by atoms with Crippen LogP contribution in [0.1, 0.15) is 41.5 Å². The highest BCUT2D eigenvalue weighted by Gasteiger charge is 2.59. The lowest BCUT2D eigenvalue weighted by atomic mass is 9.90. The van der Waals surface area contributed by atoms with Gasteiger partial charge in [-0.15, -0.1) is 0 Å². The molecule has 0 atom stereocenters. The minimum absolute atomic E-state index is 0.112. The third-order valence-corrected chi connectivity index (χ3v) is 16.2. The molecule has 0 N–H and O–H groups in total. The molecule has 7 rings (SSSR count). The van der Waals surface area contributed by atoms with Gasteiger partial charge in [0.15, 0.2) is 0 Å². The predicted molar refractivity (Wildman–Crippen MR) is 174 cm³/mol. The van der Waals surface area contributed by atoms with Gasteiger partial charge >= 0.3 is 0 Å². The van der Waals surface area contributed by atoms with E-state index in [1.54, 1.807) is 10.4 Å². The monoisotopic (exact) mass is 520 g/mol. The molecule has 0 spiro atoms. The van der Waals surface area contributed by atoms with Crippen LogP contribution in [0.5, 0.6) is 0 Å². The molecule has 0 amide bonds. The Kier molecular flexibility index (Phi) is 5.10. The van der Waals surface area contributed by atoms with Gasteiger partial charge in [0.05, 0.1) is 0 Å². The van der Waals surface area contributed by atoms with E-state index in [1.807, 2.05) is 0 Å². The van der Waals surface area contributed by atoms with E-state index in [9.17, 15) is 0 Å². The van der Waals surface area contributed by atoms with Crippen molar-refractivity contribution in [3.8, 4) is 22.3 Å². The number of fused-ring (bicyclic) bond motifs is 3. The molecular formula is C38H36Si. The molecule has 0 radical (unpaired) electrons. The highest BCUT2D eigenvalue weighted by Crippen LogP contribution is 2.56. The summed E-state index contributed by atoms with van der Waals surface area (Å²) >= 11 is 0. The Morgan fingerprint density at radius 3 is 1.10 bits per heavy atom. The Morgan fingerprint density at radius 2 is 0.744 bits per heavy atom. The predicted octanol–water partition coefficient (Wildman–Crippen LogP) is 9.96. The van der Waals surface area contributed by atoms with Gasteiger partial charge in [0, 0.05) is 0 Å². The van der Waals surface area contributed by atoms with Crippen molar-refractivity contribution in [1.29, 1.82) is 0 Å². The number of hydrogen-bond donors (Lipinski definition) is 0. The number of benzene rings is 6. The van der Waals surface area contributed by atoms with Crippen molar-refractivity contribution in [3.05, 3.63) is 109 Å². The summed E-state index contributed by atoms with van der Waals surface area (Å²) in [4.78, 5) is 0. The van der Waals surface area contributed by atoms with Crippen LogP contribution in [0, 0.1) is 0 Å². The van der Waals surface area contributed by atoms with E-state index in [2.05, 4.69) is 151 Å². The first-order chi connectivity index (χ1) is 18.6. The highest BCUT2D eigenvalue weighted by atomic mass is 28.3. The van der Waals surface area contributed by atoms with Gasteiger partial charge in [0.1, 0.15) is 8.07 Å².